The van der Waals surface area contributed by atoms with Crippen molar-refractivity contribution < 1.29 is 0 Å². The zero-order chi connectivity index (χ0) is 6.62. The van der Waals surface area contributed by atoms with Gasteiger partial charge in [0, 0.05) is 4.75 Å². The van der Waals surface area contributed by atoms with Gasteiger partial charge in [0.15, 0.2) is 0 Å². The van der Waals surface area contributed by atoms with E-state index in [-0.39, 0.29) is 4.75 Å². The Morgan fingerprint density at radius 2 is 2.25 bits per heavy atom. The van der Waals surface area contributed by atoms with Crippen LogP contribution < -0.4 is 5.14 Å². The van der Waals surface area contributed by atoms with Crippen LogP contribution in [0.4, 0.5) is 0 Å². The van der Waals surface area contributed by atoms with Gasteiger partial charge in [-0.2, -0.15) is 0 Å². The molecule has 2 heteroatoms. The SMILES string of the molecule is C=CCC(C)(C)SN. The first-order valence-electron chi connectivity index (χ1n) is 2.61. The highest BCUT2D eigenvalue weighted by atomic mass is 32.2. The Kier molecular flexibility index (Phi) is 3.17. The van der Waals surface area contributed by atoms with Gasteiger partial charge < -0.3 is 0 Å². The van der Waals surface area contributed by atoms with Crippen LogP contribution in [0, 0.1) is 0 Å². The van der Waals surface area contributed by atoms with Gasteiger partial charge in [-0.1, -0.05) is 18.0 Å². The monoisotopic (exact) mass is 131 g/mol. The molecule has 0 heterocycles. The van der Waals surface area contributed by atoms with E-state index in [2.05, 4.69) is 20.4 Å². The molecule has 48 valence electrons. The molecule has 0 atom stereocenters. The number of nitrogens with two attached hydrogens (primary N) is 1. The fourth-order valence-electron chi connectivity index (χ4n) is 0.396. The predicted octanol–water partition coefficient (Wildman–Crippen LogP) is 1.95. The van der Waals surface area contributed by atoms with Gasteiger partial charge in [-0.15, -0.1) is 6.58 Å². The van der Waals surface area contributed by atoms with Gasteiger partial charge in [0.25, 0.3) is 0 Å². The lowest BCUT2D eigenvalue weighted by Gasteiger charge is -2.17. The molecule has 0 aliphatic carbocycles. The molecule has 0 aliphatic heterocycles. The predicted molar refractivity (Wildman–Crippen MR) is 40.7 cm³/mol. The molecule has 0 amide bonds. The Morgan fingerprint density at radius 1 is 1.75 bits per heavy atom. The van der Waals surface area contributed by atoms with Crippen LogP contribution in [0.25, 0.3) is 0 Å². The van der Waals surface area contributed by atoms with Crippen LogP contribution in [0.2, 0.25) is 0 Å². The normalized spacial score (nSPS) is 11.4. The lowest BCUT2D eigenvalue weighted by atomic mass is 10.1. The minimum Gasteiger partial charge on any atom is -0.277 e. The van der Waals surface area contributed by atoms with Gasteiger partial charge in [0.2, 0.25) is 0 Å². The van der Waals surface area contributed by atoms with Gasteiger partial charge >= 0.3 is 0 Å². The maximum atomic E-state index is 5.36. The van der Waals surface area contributed by atoms with Crippen LogP contribution >= 0.6 is 11.9 Å². The molecule has 0 aromatic heterocycles. The van der Waals surface area contributed by atoms with Crippen molar-refractivity contribution >= 4 is 11.9 Å². The van der Waals surface area contributed by atoms with Crippen molar-refractivity contribution in [1.29, 1.82) is 0 Å². The number of hydrogen-bond donors (Lipinski definition) is 1. The van der Waals surface area contributed by atoms with E-state index in [1.54, 1.807) is 0 Å². The first-order valence-corrected chi connectivity index (χ1v) is 3.49. The topological polar surface area (TPSA) is 26.0 Å². The summed E-state index contributed by atoms with van der Waals surface area (Å²) < 4.78 is 0.168. The van der Waals surface area contributed by atoms with E-state index in [9.17, 15) is 0 Å². The zero-order valence-electron chi connectivity index (χ0n) is 5.48. The van der Waals surface area contributed by atoms with Crippen LogP contribution in [0.5, 0.6) is 0 Å². The standard InChI is InChI=1S/C6H13NS/c1-4-5-6(2,3)8-7/h4H,1,5,7H2,2-3H3. The lowest BCUT2D eigenvalue weighted by molar-refractivity contribution is 0.728. The van der Waals surface area contributed by atoms with E-state index in [1.165, 1.54) is 11.9 Å². The molecule has 0 fully saturated rings. The third kappa shape index (κ3) is 3.10. The third-order valence-electron chi connectivity index (χ3n) is 0.955. The number of rotatable bonds is 3. The molecule has 0 bridgehead atoms. The fourth-order valence-corrected chi connectivity index (χ4v) is 0.610. The van der Waals surface area contributed by atoms with Crippen molar-refractivity contribution in [2.75, 3.05) is 0 Å². The summed E-state index contributed by atoms with van der Waals surface area (Å²) in [4.78, 5) is 0. The zero-order valence-corrected chi connectivity index (χ0v) is 6.29. The van der Waals surface area contributed by atoms with E-state index < -0.39 is 0 Å². The van der Waals surface area contributed by atoms with E-state index in [0.29, 0.717) is 0 Å². The van der Waals surface area contributed by atoms with Crippen molar-refractivity contribution in [2.45, 2.75) is 25.0 Å². The molecule has 0 aromatic rings. The van der Waals surface area contributed by atoms with Crippen molar-refractivity contribution in [2.24, 2.45) is 5.14 Å². The number of hydrogen-bond acceptors (Lipinski definition) is 2. The molecule has 8 heavy (non-hydrogen) atoms. The Morgan fingerprint density at radius 3 is 2.38 bits per heavy atom. The molecule has 2 N–H and O–H groups in total. The molecule has 0 unspecified atom stereocenters. The van der Waals surface area contributed by atoms with Gasteiger partial charge in [-0.25, -0.2) is 0 Å². The quantitative estimate of drug-likeness (QED) is 0.468. The second-order valence-corrected chi connectivity index (χ2v) is 3.71. The van der Waals surface area contributed by atoms with Crippen LogP contribution in [-0.2, 0) is 0 Å². The van der Waals surface area contributed by atoms with Crippen LogP contribution in [0.1, 0.15) is 20.3 Å². The maximum Gasteiger partial charge on any atom is 0.0280 e. The molecule has 0 saturated heterocycles. The highest BCUT2D eigenvalue weighted by molar-refractivity contribution is 7.98. The van der Waals surface area contributed by atoms with Crippen molar-refractivity contribution in [3.63, 3.8) is 0 Å². The first kappa shape index (κ1) is 8.05. The van der Waals surface area contributed by atoms with E-state index in [4.69, 9.17) is 5.14 Å². The van der Waals surface area contributed by atoms with E-state index in [0.717, 1.165) is 6.42 Å². The molecule has 0 spiro atoms. The maximum absolute atomic E-state index is 5.36. The third-order valence-corrected chi connectivity index (χ3v) is 1.76. The van der Waals surface area contributed by atoms with Gasteiger partial charge in [-0.3, -0.25) is 5.14 Å². The number of allylic oxidation sites excluding steroid dienone is 1. The van der Waals surface area contributed by atoms with E-state index >= 15 is 0 Å². The summed E-state index contributed by atoms with van der Waals surface area (Å²) in [6, 6.07) is 0. The summed E-state index contributed by atoms with van der Waals surface area (Å²) in [5, 5.41) is 5.36. The smallest absolute Gasteiger partial charge is 0.0280 e. The second kappa shape index (κ2) is 3.15. The fraction of sp³-hybridized carbons (Fsp3) is 0.667. The van der Waals surface area contributed by atoms with Gasteiger partial charge in [0.05, 0.1) is 0 Å². The summed E-state index contributed by atoms with van der Waals surface area (Å²) in [5.74, 6) is 0. The highest BCUT2D eigenvalue weighted by Crippen LogP contribution is 2.22. The van der Waals surface area contributed by atoms with Gasteiger partial charge in [-0.05, 0) is 20.3 Å². The lowest BCUT2D eigenvalue weighted by Crippen LogP contribution is -2.15. The largest absolute Gasteiger partial charge is 0.277 e. The Balaban J connectivity index is 3.53. The van der Waals surface area contributed by atoms with Gasteiger partial charge in [0.1, 0.15) is 0 Å². The molecule has 0 saturated carbocycles. The molecule has 0 radical (unpaired) electrons. The average molecular weight is 131 g/mol. The Labute approximate surface area is 55.5 Å². The Bertz CT molecular complexity index is 78.6. The van der Waals surface area contributed by atoms with Crippen molar-refractivity contribution in [1.82, 2.24) is 0 Å². The molecule has 1 nitrogen and oxygen atoms in total. The van der Waals surface area contributed by atoms with Crippen molar-refractivity contribution in [3.8, 4) is 0 Å². The molecular weight excluding hydrogens is 118 g/mol. The first-order chi connectivity index (χ1) is 3.62. The molecule has 0 aliphatic rings. The van der Waals surface area contributed by atoms with Crippen LogP contribution in [0.15, 0.2) is 12.7 Å². The molecule has 0 aromatic carbocycles. The minimum atomic E-state index is 0.168. The second-order valence-electron chi connectivity index (χ2n) is 2.37. The molecular formula is C6H13NS. The van der Waals surface area contributed by atoms with E-state index in [1.807, 2.05) is 6.08 Å². The molecule has 0 rings (SSSR count). The van der Waals surface area contributed by atoms with Crippen LogP contribution in [0.3, 0.4) is 0 Å². The van der Waals surface area contributed by atoms with Crippen LogP contribution in [-0.4, -0.2) is 4.75 Å². The minimum absolute atomic E-state index is 0.168. The Hall–Kier alpha value is 0.0500. The highest BCUT2D eigenvalue weighted by Gasteiger charge is 2.12. The summed E-state index contributed by atoms with van der Waals surface area (Å²) in [7, 11) is 0. The average Bonchev–Trinajstić information content (AvgIpc) is 1.67. The van der Waals surface area contributed by atoms with Crippen molar-refractivity contribution in [3.05, 3.63) is 12.7 Å². The summed E-state index contributed by atoms with van der Waals surface area (Å²) in [6.45, 7) is 7.82. The summed E-state index contributed by atoms with van der Waals surface area (Å²) in [5.41, 5.74) is 0. The summed E-state index contributed by atoms with van der Waals surface area (Å²) in [6.07, 6.45) is 2.86. The summed E-state index contributed by atoms with van der Waals surface area (Å²) >= 11 is 1.38.